The van der Waals surface area contributed by atoms with Crippen molar-refractivity contribution >= 4 is 34.5 Å². The zero-order chi connectivity index (χ0) is 23.7. The Morgan fingerprint density at radius 3 is 2.48 bits per heavy atom. The summed E-state index contributed by atoms with van der Waals surface area (Å²) >= 11 is 0. The van der Waals surface area contributed by atoms with Gasteiger partial charge >= 0.3 is 0 Å². The number of nitrogens with zero attached hydrogens (tertiary/aromatic N) is 3. The molecule has 0 bridgehead atoms. The van der Waals surface area contributed by atoms with Gasteiger partial charge in [0.05, 0.1) is 0 Å². The van der Waals surface area contributed by atoms with E-state index in [1.54, 1.807) is 11.0 Å². The van der Waals surface area contributed by atoms with E-state index in [-0.39, 0.29) is 36.3 Å². The number of benzene rings is 1. The lowest BCUT2D eigenvalue weighted by Crippen LogP contribution is -2.48. The minimum absolute atomic E-state index is 0.0306. The van der Waals surface area contributed by atoms with Gasteiger partial charge in [-0.2, -0.15) is 0 Å². The van der Waals surface area contributed by atoms with Gasteiger partial charge < -0.3 is 25.8 Å². The summed E-state index contributed by atoms with van der Waals surface area (Å²) in [5.74, 6) is -0.446. The summed E-state index contributed by atoms with van der Waals surface area (Å²) in [6.45, 7) is 2.95. The van der Waals surface area contributed by atoms with Gasteiger partial charge in [-0.15, -0.1) is 0 Å². The molecule has 9 nitrogen and oxygen atoms in total. The van der Waals surface area contributed by atoms with Crippen molar-refractivity contribution < 1.29 is 14.4 Å². The van der Waals surface area contributed by atoms with Crippen LogP contribution in [0.1, 0.15) is 50.3 Å². The molecular weight excluding hydrogens is 420 g/mol. The van der Waals surface area contributed by atoms with Crippen LogP contribution in [0.5, 0.6) is 0 Å². The van der Waals surface area contributed by atoms with E-state index in [0.29, 0.717) is 18.5 Å². The van der Waals surface area contributed by atoms with Crippen molar-refractivity contribution in [3.05, 3.63) is 35.5 Å². The average Bonchev–Trinajstić information content (AvgIpc) is 3.50. The van der Waals surface area contributed by atoms with Crippen LogP contribution in [-0.4, -0.2) is 63.1 Å². The molecule has 0 aliphatic carbocycles. The van der Waals surface area contributed by atoms with E-state index in [1.807, 2.05) is 27.7 Å². The largest absolute Gasteiger partial charge is 0.384 e. The van der Waals surface area contributed by atoms with Gasteiger partial charge in [0.15, 0.2) is 0 Å². The molecule has 2 aliphatic rings. The third-order valence-electron chi connectivity index (χ3n) is 6.95. The molecule has 33 heavy (non-hydrogen) atoms. The molecule has 2 atom stereocenters. The monoisotopic (exact) mass is 452 g/mol. The minimum atomic E-state index is -0.440. The van der Waals surface area contributed by atoms with Crippen molar-refractivity contribution in [2.24, 2.45) is 11.5 Å². The van der Waals surface area contributed by atoms with Crippen LogP contribution in [0, 0.1) is 5.41 Å². The van der Waals surface area contributed by atoms with E-state index in [0.717, 1.165) is 55.2 Å². The number of carbonyl (C=O) groups excluding carboxylic acids is 3. The first-order valence-electron chi connectivity index (χ1n) is 11.6. The van der Waals surface area contributed by atoms with Gasteiger partial charge in [0.1, 0.15) is 18.4 Å². The zero-order valence-corrected chi connectivity index (χ0v) is 19.0. The molecule has 176 valence electrons. The molecule has 5 N–H and O–H groups in total. The standard InChI is InChI=1S/C24H32N6O3/c1-15(31)28-10-3-5-20(28)24(33)29-11-2-4-18(29)8-9-19-12-16-6-7-17(23(26)27)13-21(16)30(19)14-22(25)32/h6-7,12-13,18,20H,2-5,8-11,14H2,1H3,(H2,25,32)(H3,26,27)/t18-,20+/m0/s1. The number of nitrogens with one attached hydrogen (secondary N) is 1. The summed E-state index contributed by atoms with van der Waals surface area (Å²) in [7, 11) is 0. The third-order valence-corrected chi connectivity index (χ3v) is 6.95. The van der Waals surface area contributed by atoms with Crippen LogP contribution in [0.15, 0.2) is 24.3 Å². The van der Waals surface area contributed by atoms with Gasteiger partial charge in [-0.05, 0) is 56.0 Å². The molecule has 0 radical (unpaired) electrons. The number of rotatable bonds is 7. The van der Waals surface area contributed by atoms with Crippen LogP contribution in [0.25, 0.3) is 10.9 Å². The van der Waals surface area contributed by atoms with Crippen molar-refractivity contribution in [1.82, 2.24) is 14.4 Å². The molecule has 2 aromatic rings. The highest BCUT2D eigenvalue weighted by molar-refractivity contribution is 5.99. The van der Waals surface area contributed by atoms with Crippen molar-refractivity contribution in [1.29, 1.82) is 5.41 Å². The van der Waals surface area contributed by atoms with Crippen LogP contribution >= 0.6 is 0 Å². The van der Waals surface area contributed by atoms with Crippen LogP contribution in [-0.2, 0) is 27.3 Å². The summed E-state index contributed by atoms with van der Waals surface area (Å²) in [5, 5.41) is 8.67. The number of fused-ring (bicyclic) bond motifs is 1. The molecule has 4 rings (SSSR count). The number of hydrogen-bond acceptors (Lipinski definition) is 4. The molecule has 0 spiro atoms. The molecular formula is C24H32N6O3. The van der Waals surface area contributed by atoms with Crippen LogP contribution in [0.2, 0.25) is 0 Å². The highest BCUT2D eigenvalue weighted by Crippen LogP contribution is 2.29. The fraction of sp³-hybridized carbons (Fsp3) is 0.500. The number of hydrogen-bond donors (Lipinski definition) is 3. The quantitative estimate of drug-likeness (QED) is 0.431. The number of likely N-dealkylation sites (tertiary alicyclic amines) is 2. The van der Waals surface area contributed by atoms with Crippen LogP contribution in [0.4, 0.5) is 0 Å². The topological polar surface area (TPSA) is 139 Å². The number of aryl methyl sites for hydroxylation is 1. The maximum atomic E-state index is 13.3. The van der Waals surface area contributed by atoms with Crippen molar-refractivity contribution in [2.75, 3.05) is 13.1 Å². The number of amides is 3. The first-order chi connectivity index (χ1) is 15.8. The molecule has 0 saturated carbocycles. The molecule has 2 fully saturated rings. The highest BCUT2D eigenvalue weighted by Gasteiger charge is 2.38. The zero-order valence-electron chi connectivity index (χ0n) is 19.0. The maximum Gasteiger partial charge on any atom is 0.245 e. The number of carbonyl (C=O) groups is 3. The Morgan fingerprint density at radius 2 is 1.79 bits per heavy atom. The molecule has 2 aliphatic heterocycles. The highest BCUT2D eigenvalue weighted by atomic mass is 16.2. The Kier molecular flexibility index (Phi) is 6.40. The lowest BCUT2D eigenvalue weighted by Gasteiger charge is -2.31. The van der Waals surface area contributed by atoms with Gasteiger partial charge in [-0.3, -0.25) is 19.8 Å². The second-order valence-corrected chi connectivity index (χ2v) is 9.11. The first-order valence-corrected chi connectivity index (χ1v) is 11.6. The Balaban J connectivity index is 1.53. The lowest BCUT2D eigenvalue weighted by molar-refractivity contribution is -0.143. The number of primary amides is 1. The third kappa shape index (κ3) is 4.58. The number of amidine groups is 1. The van der Waals surface area contributed by atoms with E-state index in [9.17, 15) is 14.4 Å². The van der Waals surface area contributed by atoms with E-state index in [4.69, 9.17) is 16.9 Å². The molecule has 3 amide bonds. The molecule has 3 heterocycles. The molecule has 1 aromatic carbocycles. The van der Waals surface area contributed by atoms with Crippen LogP contribution in [0.3, 0.4) is 0 Å². The predicted octanol–water partition coefficient (Wildman–Crippen LogP) is 1.35. The smallest absolute Gasteiger partial charge is 0.245 e. The Bertz CT molecular complexity index is 1110. The molecule has 1 aromatic heterocycles. The summed E-state index contributed by atoms with van der Waals surface area (Å²) < 4.78 is 1.89. The van der Waals surface area contributed by atoms with Crippen molar-refractivity contribution in [2.45, 2.75) is 64.1 Å². The Labute approximate surface area is 193 Å². The predicted molar refractivity (Wildman–Crippen MR) is 126 cm³/mol. The van der Waals surface area contributed by atoms with Crippen LogP contribution < -0.4 is 11.5 Å². The fourth-order valence-electron chi connectivity index (χ4n) is 5.36. The summed E-state index contributed by atoms with van der Waals surface area (Å²) in [6.07, 6.45) is 4.94. The molecule has 0 unspecified atom stereocenters. The summed E-state index contributed by atoms with van der Waals surface area (Å²) in [6, 6.07) is 7.32. The lowest BCUT2D eigenvalue weighted by atomic mass is 10.1. The minimum Gasteiger partial charge on any atom is -0.384 e. The van der Waals surface area contributed by atoms with E-state index < -0.39 is 5.91 Å². The summed E-state index contributed by atoms with van der Waals surface area (Å²) in [5.41, 5.74) is 13.5. The fourth-order valence-corrected chi connectivity index (χ4v) is 5.36. The number of nitrogens with two attached hydrogens (primary N) is 2. The second-order valence-electron chi connectivity index (χ2n) is 9.11. The normalized spacial score (nSPS) is 20.5. The Hall–Kier alpha value is -3.36. The SMILES string of the molecule is CC(=O)N1CCC[C@@H]1C(=O)N1CCC[C@H]1CCc1cc2ccc(C(=N)N)cc2n1CC(N)=O. The van der Waals surface area contributed by atoms with Crippen molar-refractivity contribution in [3.8, 4) is 0 Å². The van der Waals surface area contributed by atoms with Gasteiger partial charge in [0, 0.05) is 42.8 Å². The summed E-state index contributed by atoms with van der Waals surface area (Å²) in [4.78, 5) is 40.6. The van der Waals surface area contributed by atoms with E-state index in [2.05, 4.69) is 0 Å². The van der Waals surface area contributed by atoms with Gasteiger partial charge in [0.25, 0.3) is 0 Å². The first kappa shape index (κ1) is 22.8. The number of nitrogen functional groups attached to an aromatic ring is 1. The molecule has 2 saturated heterocycles. The van der Waals surface area contributed by atoms with Gasteiger partial charge in [-0.25, -0.2) is 0 Å². The Morgan fingerprint density at radius 1 is 1.06 bits per heavy atom. The van der Waals surface area contributed by atoms with Gasteiger partial charge in [0.2, 0.25) is 17.7 Å². The average molecular weight is 453 g/mol. The number of aromatic nitrogens is 1. The maximum absolute atomic E-state index is 13.3. The van der Waals surface area contributed by atoms with Gasteiger partial charge in [-0.1, -0.05) is 12.1 Å². The van der Waals surface area contributed by atoms with Crippen molar-refractivity contribution in [3.63, 3.8) is 0 Å². The molecule has 9 heteroatoms. The second kappa shape index (κ2) is 9.25. The van der Waals surface area contributed by atoms with E-state index >= 15 is 0 Å². The van der Waals surface area contributed by atoms with E-state index in [1.165, 1.54) is 6.92 Å².